The number of carbonyl (C=O) groups excluding carboxylic acids is 4. The van der Waals surface area contributed by atoms with Gasteiger partial charge in [-0.1, -0.05) is 75.7 Å². The fourth-order valence-corrected chi connectivity index (χ4v) is 4.23. The number of carbonyl (C=O) groups is 4. The number of hydrogen-bond donors (Lipinski definition) is 1. The van der Waals surface area contributed by atoms with Crippen LogP contribution in [0, 0.1) is 0 Å². The van der Waals surface area contributed by atoms with E-state index >= 15 is 0 Å². The summed E-state index contributed by atoms with van der Waals surface area (Å²) in [7, 11) is 0. The molecular weight excluding hydrogens is 549 g/mol. The van der Waals surface area contributed by atoms with Crippen LogP contribution >= 0.6 is 69.6 Å². The van der Waals surface area contributed by atoms with Gasteiger partial charge in [0.25, 0.3) is 17.7 Å². The Bertz CT molecular complexity index is 1140. The first kappa shape index (κ1) is 24.9. The van der Waals surface area contributed by atoms with E-state index in [1.54, 1.807) is 6.07 Å². The van der Waals surface area contributed by atoms with Crippen LogP contribution in [-0.4, -0.2) is 41.2 Å². The van der Waals surface area contributed by atoms with Gasteiger partial charge >= 0.3 is 5.97 Å². The first-order valence-electron chi connectivity index (χ1n) is 8.61. The van der Waals surface area contributed by atoms with Crippen molar-refractivity contribution in [1.29, 1.82) is 0 Å². The lowest BCUT2D eigenvalue weighted by Crippen LogP contribution is -2.44. The van der Waals surface area contributed by atoms with Crippen LogP contribution < -0.4 is 5.32 Å². The predicted octanol–water partition coefficient (Wildman–Crippen LogP) is 5.77. The highest BCUT2D eigenvalue weighted by atomic mass is 35.5. The second-order valence-electron chi connectivity index (χ2n) is 6.42. The maximum absolute atomic E-state index is 12.8. The second kappa shape index (κ2) is 9.63. The summed E-state index contributed by atoms with van der Waals surface area (Å²) in [5.41, 5.74) is -0.334. The number of imide groups is 1. The summed E-state index contributed by atoms with van der Waals surface area (Å²) in [6, 6.07) is 3.19. The molecule has 0 saturated heterocycles. The number of rotatable bonds is 5. The summed E-state index contributed by atoms with van der Waals surface area (Å²) in [6.07, 6.45) is 0. The van der Waals surface area contributed by atoms with Gasteiger partial charge in [-0.15, -0.1) is 0 Å². The van der Waals surface area contributed by atoms with Crippen LogP contribution in [0.15, 0.2) is 18.2 Å². The molecule has 32 heavy (non-hydrogen) atoms. The van der Waals surface area contributed by atoms with Crippen molar-refractivity contribution < 1.29 is 23.9 Å². The Kier molecular flexibility index (Phi) is 7.49. The number of halogens is 6. The van der Waals surface area contributed by atoms with E-state index in [0.717, 1.165) is 0 Å². The number of nitrogens with zero attached hydrogens (tertiary/aromatic N) is 1. The van der Waals surface area contributed by atoms with Crippen LogP contribution in [0.3, 0.4) is 0 Å². The van der Waals surface area contributed by atoms with Gasteiger partial charge in [0.2, 0.25) is 0 Å². The zero-order valence-corrected chi connectivity index (χ0v) is 20.3. The monoisotopic (exact) mass is 556 g/mol. The van der Waals surface area contributed by atoms with E-state index in [9.17, 15) is 19.2 Å². The minimum Gasteiger partial charge on any atom is -0.454 e. The molecule has 1 heterocycles. The Balaban J connectivity index is 1.72. The Hall–Kier alpha value is -1.74. The summed E-state index contributed by atoms with van der Waals surface area (Å²) < 4.78 is 4.93. The number of fused-ring (bicyclic) bond motifs is 1. The highest BCUT2D eigenvalue weighted by Gasteiger charge is 2.45. The number of anilines is 1. The average molecular weight is 559 g/mol. The highest BCUT2D eigenvalue weighted by molar-refractivity contribution is 6.55. The number of amides is 3. The van der Waals surface area contributed by atoms with Gasteiger partial charge in [0.05, 0.1) is 47.0 Å². The number of esters is 1. The molecule has 0 saturated carbocycles. The van der Waals surface area contributed by atoms with Crippen molar-refractivity contribution in [2.45, 2.75) is 13.0 Å². The Morgan fingerprint density at radius 3 is 1.97 bits per heavy atom. The van der Waals surface area contributed by atoms with Gasteiger partial charge in [-0.3, -0.25) is 19.3 Å². The molecule has 3 rings (SSSR count). The molecule has 1 atom stereocenters. The van der Waals surface area contributed by atoms with Crippen molar-refractivity contribution in [3.63, 3.8) is 0 Å². The number of hydrogen-bond acceptors (Lipinski definition) is 5. The maximum Gasteiger partial charge on any atom is 0.329 e. The third kappa shape index (κ3) is 4.38. The molecule has 168 valence electrons. The normalized spacial score (nSPS) is 13.8. The molecule has 13 heteroatoms. The average Bonchev–Trinajstić information content (AvgIpc) is 3.01. The Labute approximate surface area is 211 Å². The zero-order valence-electron chi connectivity index (χ0n) is 15.8. The molecule has 0 bridgehead atoms. The molecule has 1 aliphatic rings. The fourth-order valence-electron chi connectivity index (χ4n) is 2.87. The van der Waals surface area contributed by atoms with Crippen molar-refractivity contribution in [1.82, 2.24) is 4.90 Å². The van der Waals surface area contributed by atoms with Gasteiger partial charge in [0.15, 0.2) is 6.61 Å². The lowest BCUT2D eigenvalue weighted by atomic mass is 10.1. The largest absolute Gasteiger partial charge is 0.454 e. The molecule has 0 spiro atoms. The van der Waals surface area contributed by atoms with Crippen LogP contribution in [-0.2, 0) is 14.3 Å². The highest BCUT2D eigenvalue weighted by Crippen LogP contribution is 2.45. The Morgan fingerprint density at radius 1 is 0.906 bits per heavy atom. The van der Waals surface area contributed by atoms with Gasteiger partial charge in [-0.05, 0) is 19.1 Å². The lowest BCUT2D eigenvalue weighted by molar-refractivity contribution is -0.150. The van der Waals surface area contributed by atoms with E-state index in [4.69, 9.17) is 74.3 Å². The summed E-state index contributed by atoms with van der Waals surface area (Å²) in [5.74, 6) is -3.57. The van der Waals surface area contributed by atoms with Crippen molar-refractivity contribution >= 4 is 99.0 Å². The third-order valence-electron chi connectivity index (χ3n) is 4.43. The van der Waals surface area contributed by atoms with E-state index in [1.807, 2.05) is 0 Å². The SMILES string of the molecule is C[C@@H](C(=O)OCC(=O)Nc1cccc(Cl)c1Cl)N1C(=O)c2c(Cl)c(Cl)c(Cl)c(Cl)c2C1=O. The summed E-state index contributed by atoms with van der Waals surface area (Å²) >= 11 is 35.9. The smallest absolute Gasteiger partial charge is 0.329 e. The molecule has 7 nitrogen and oxygen atoms in total. The molecule has 2 aromatic rings. The van der Waals surface area contributed by atoms with E-state index in [1.165, 1.54) is 19.1 Å². The third-order valence-corrected chi connectivity index (χ3v) is 7.05. The summed E-state index contributed by atoms with van der Waals surface area (Å²) in [6.45, 7) is 0.523. The van der Waals surface area contributed by atoms with Crippen LogP contribution in [0.1, 0.15) is 27.6 Å². The van der Waals surface area contributed by atoms with Gasteiger partial charge in [-0.25, -0.2) is 4.79 Å². The van der Waals surface area contributed by atoms with Crippen molar-refractivity contribution in [3.8, 4) is 0 Å². The molecule has 3 amide bonds. The first-order valence-corrected chi connectivity index (χ1v) is 10.9. The minimum atomic E-state index is -1.41. The number of benzene rings is 2. The number of ether oxygens (including phenoxy) is 1. The minimum absolute atomic E-state index is 0.110. The quantitative estimate of drug-likeness (QED) is 0.217. The van der Waals surface area contributed by atoms with Gasteiger partial charge < -0.3 is 10.1 Å². The Morgan fingerprint density at radius 2 is 1.44 bits per heavy atom. The van der Waals surface area contributed by atoms with Gasteiger partial charge in [0.1, 0.15) is 6.04 Å². The summed E-state index contributed by atoms with van der Waals surface area (Å²) in [5, 5.41) is 1.82. The molecule has 0 aromatic heterocycles. The molecule has 1 N–H and O–H groups in total. The molecule has 2 aromatic carbocycles. The van der Waals surface area contributed by atoms with Gasteiger partial charge in [0, 0.05) is 0 Å². The lowest BCUT2D eigenvalue weighted by Gasteiger charge is -2.20. The van der Waals surface area contributed by atoms with Gasteiger partial charge in [-0.2, -0.15) is 0 Å². The van der Waals surface area contributed by atoms with E-state index in [-0.39, 0.29) is 47.0 Å². The van der Waals surface area contributed by atoms with Crippen LogP contribution in [0.2, 0.25) is 30.1 Å². The van der Waals surface area contributed by atoms with E-state index < -0.39 is 36.3 Å². The van der Waals surface area contributed by atoms with E-state index in [0.29, 0.717) is 4.90 Å². The number of nitrogens with one attached hydrogen (secondary N) is 1. The topological polar surface area (TPSA) is 92.8 Å². The molecule has 0 aliphatic carbocycles. The molecular formula is C19H10Cl6N2O5. The molecule has 0 fully saturated rings. The standard InChI is InChI=1S/C19H10Cl6N2O5/c1-6(19(31)32-5-9(28)26-8-4-2-3-7(20)12(8)21)27-17(29)10-11(18(27)30)14(23)16(25)15(24)13(10)22/h2-4,6H,5H2,1H3,(H,26,28)/t6-/m0/s1. The van der Waals surface area contributed by atoms with Crippen LogP contribution in [0.4, 0.5) is 5.69 Å². The molecule has 1 aliphatic heterocycles. The molecule has 0 unspecified atom stereocenters. The van der Waals surface area contributed by atoms with Crippen molar-refractivity contribution in [2.75, 3.05) is 11.9 Å². The summed E-state index contributed by atoms with van der Waals surface area (Å²) in [4.78, 5) is 50.7. The second-order valence-corrected chi connectivity index (χ2v) is 8.72. The predicted molar refractivity (Wildman–Crippen MR) is 122 cm³/mol. The maximum atomic E-state index is 12.8. The fraction of sp³-hybridized carbons (Fsp3) is 0.158. The van der Waals surface area contributed by atoms with Crippen LogP contribution in [0.5, 0.6) is 0 Å². The zero-order chi connectivity index (χ0) is 23.9. The van der Waals surface area contributed by atoms with Crippen LogP contribution in [0.25, 0.3) is 0 Å². The molecule has 0 radical (unpaired) electrons. The van der Waals surface area contributed by atoms with E-state index in [2.05, 4.69) is 5.32 Å². The first-order chi connectivity index (χ1) is 15.0. The van der Waals surface area contributed by atoms with Crippen molar-refractivity contribution in [3.05, 3.63) is 59.5 Å². The van der Waals surface area contributed by atoms with Crippen molar-refractivity contribution in [2.24, 2.45) is 0 Å².